The third kappa shape index (κ3) is 5.06. The topological polar surface area (TPSA) is 53.7 Å². The zero-order chi connectivity index (χ0) is 12.5. The molecule has 0 aromatic heterocycles. The van der Waals surface area contributed by atoms with E-state index in [1.54, 1.807) is 14.2 Å². The minimum Gasteiger partial charge on any atom is -0.497 e. The van der Waals surface area contributed by atoms with Gasteiger partial charge in [0.05, 0.1) is 13.7 Å². The van der Waals surface area contributed by atoms with Gasteiger partial charge in [0.2, 0.25) is 0 Å². The van der Waals surface area contributed by atoms with E-state index in [9.17, 15) is 0 Å². The second kappa shape index (κ2) is 7.92. The molecule has 0 saturated heterocycles. The summed E-state index contributed by atoms with van der Waals surface area (Å²) in [6, 6.07) is 7.56. The molecule has 0 aliphatic rings. The maximum atomic E-state index is 5.68. The minimum atomic E-state index is 0.321. The fourth-order valence-corrected chi connectivity index (χ4v) is 1.46. The molecule has 96 valence electrons. The molecule has 0 bridgehead atoms. The molecule has 0 aliphatic carbocycles. The van der Waals surface area contributed by atoms with Gasteiger partial charge in [0.25, 0.3) is 0 Å². The lowest BCUT2D eigenvalue weighted by atomic mass is 10.1. The first kappa shape index (κ1) is 13.8. The Kier molecular flexibility index (Phi) is 6.43. The van der Waals surface area contributed by atoms with Crippen LogP contribution in [0.4, 0.5) is 0 Å². The van der Waals surface area contributed by atoms with E-state index >= 15 is 0 Å². The quantitative estimate of drug-likeness (QED) is 0.750. The van der Waals surface area contributed by atoms with Crippen LogP contribution in [0.1, 0.15) is 6.42 Å². The third-order valence-electron chi connectivity index (χ3n) is 2.59. The summed E-state index contributed by atoms with van der Waals surface area (Å²) in [5, 5.41) is 0. The summed E-state index contributed by atoms with van der Waals surface area (Å²) in [7, 11) is 3.33. The maximum Gasteiger partial charge on any atom is 0.122 e. The molecule has 1 aromatic rings. The monoisotopic (exact) mass is 239 g/mol. The van der Waals surface area contributed by atoms with Gasteiger partial charge in [-0.2, -0.15) is 0 Å². The van der Waals surface area contributed by atoms with Crippen LogP contribution in [0.2, 0.25) is 0 Å². The molecule has 0 saturated carbocycles. The van der Waals surface area contributed by atoms with Crippen LogP contribution < -0.4 is 15.2 Å². The Labute approximate surface area is 103 Å². The summed E-state index contributed by atoms with van der Waals surface area (Å²) in [6.45, 7) is 1.92. The number of hydrogen-bond donors (Lipinski definition) is 1. The van der Waals surface area contributed by atoms with Crippen molar-refractivity contribution in [2.24, 2.45) is 11.7 Å². The highest BCUT2D eigenvalue weighted by atomic mass is 16.5. The van der Waals surface area contributed by atoms with E-state index in [0.29, 0.717) is 25.7 Å². The molecule has 4 nitrogen and oxygen atoms in total. The first-order valence-corrected chi connectivity index (χ1v) is 5.76. The molecule has 0 fully saturated rings. The zero-order valence-corrected chi connectivity index (χ0v) is 10.5. The fourth-order valence-electron chi connectivity index (χ4n) is 1.46. The second-order valence-electron chi connectivity index (χ2n) is 3.87. The Morgan fingerprint density at radius 1 is 1.24 bits per heavy atom. The van der Waals surface area contributed by atoms with Gasteiger partial charge in [-0.1, -0.05) is 6.07 Å². The highest BCUT2D eigenvalue weighted by Crippen LogP contribution is 2.19. The first-order valence-electron chi connectivity index (χ1n) is 5.76. The Morgan fingerprint density at radius 2 is 2.00 bits per heavy atom. The third-order valence-corrected chi connectivity index (χ3v) is 2.59. The van der Waals surface area contributed by atoms with E-state index in [1.165, 1.54) is 0 Å². The summed E-state index contributed by atoms with van der Waals surface area (Å²) in [5.74, 6) is 1.92. The van der Waals surface area contributed by atoms with E-state index in [4.69, 9.17) is 19.9 Å². The molecule has 0 spiro atoms. The average molecular weight is 239 g/mol. The summed E-state index contributed by atoms with van der Waals surface area (Å²) in [6.07, 6.45) is 0.914. The van der Waals surface area contributed by atoms with Gasteiger partial charge in [-0.3, -0.25) is 0 Å². The minimum absolute atomic E-state index is 0.321. The molecule has 2 N–H and O–H groups in total. The first-order chi connectivity index (χ1) is 8.30. The lowest BCUT2D eigenvalue weighted by molar-refractivity contribution is 0.157. The van der Waals surface area contributed by atoms with Crippen molar-refractivity contribution in [3.05, 3.63) is 24.3 Å². The highest BCUT2D eigenvalue weighted by Gasteiger charge is 2.07. The number of hydrogen-bond acceptors (Lipinski definition) is 4. The predicted molar refractivity (Wildman–Crippen MR) is 67.5 cm³/mol. The van der Waals surface area contributed by atoms with Crippen molar-refractivity contribution >= 4 is 0 Å². The van der Waals surface area contributed by atoms with Gasteiger partial charge in [-0.15, -0.1) is 0 Å². The van der Waals surface area contributed by atoms with Crippen LogP contribution in [0.25, 0.3) is 0 Å². The van der Waals surface area contributed by atoms with Crippen molar-refractivity contribution in [1.29, 1.82) is 0 Å². The number of methoxy groups -OCH3 is 2. The van der Waals surface area contributed by atoms with E-state index < -0.39 is 0 Å². The van der Waals surface area contributed by atoms with Crippen LogP contribution in [-0.2, 0) is 4.74 Å². The summed E-state index contributed by atoms with van der Waals surface area (Å²) in [5.41, 5.74) is 5.67. The molecule has 0 heterocycles. The van der Waals surface area contributed by atoms with E-state index in [1.807, 2.05) is 24.3 Å². The van der Waals surface area contributed by atoms with Crippen molar-refractivity contribution < 1.29 is 14.2 Å². The van der Waals surface area contributed by atoms with Gasteiger partial charge >= 0.3 is 0 Å². The lowest BCUT2D eigenvalue weighted by Crippen LogP contribution is -2.22. The average Bonchev–Trinajstić information content (AvgIpc) is 2.39. The van der Waals surface area contributed by atoms with Gasteiger partial charge in [0.1, 0.15) is 11.5 Å². The molecule has 0 aliphatic heterocycles. The van der Waals surface area contributed by atoms with Crippen LogP contribution in [-0.4, -0.2) is 34.0 Å². The van der Waals surface area contributed by atoms with Crippen LogP contribution in [0.5, 0.6) is 11.5 Å². The molecular formula is C13H21NO3. The van der Waals surface area contributed by atoms with Crippen LogP contribution >= 0.6 is 0 Å². The summed E-state index contributed by atoms with van der Waals surface area (Å²) in [4.78, 5) is 0. The van der Waals surface area contributed by atoms with Gasteiger partial charge in [-0.25, -0.2) is 0 Å². The Balaban J connectivity index is 2.41. The van der Waals surface area contributed by atoms with E-state index in [2.05, 4.69) is 0 Å². The maximum absolute atomic E-state index is 5.68. The number of rotatable bonds is 8. The van der Waals surface area contributed by atoms with Crippen LogP contribution in [0.3, 0.4) is 0 Å². The van der Waals surface area contributed by atoms with Crippen molar-refractivity contribution in [3.8, 4) is 11.5 Å². The van der Waals surface area contributed by atoms with Crippen molar-refractivity contribution in [2.45, 2.75) is 6.42 Å². The number of benzene rings is 1. The van der Waals surface area contributed by atoms with Gasteiger partial charge in [0.15, 0.2) is 0 Å². The summed E-state index contributed by atoms with van der Waals surface area (Å²) >= 11 is 0. The van der Waals surface area contributed by atoms with Gasteiger partial charge in [-0.05, 0) is 25.1 Å². The molecule has 4 heteroatoms. The second-order valence-corrected chi connectivity index (χ2v) is 3.87. The SMILES string of the molecule is COCCC(CN)COc1cccc(OC)c1. The molecule has 1 unspecified atom stereocenters. The molecule has 1 atom stereocenters. The largest absolute Gasteiger partial charge is 0.497 e. The van der Waals surface area contributed by atoms with Crippen LogP contribution in [0, 0.1) is 5.92 Å². The predicted octanol–water partition coefficient (Wildman–Crippen LogP) is 1.69. The molecule has 1 rings (SSSR count). The highest BCUT2D eigenvalue weighted by molar-refractivity contribution is 5.32. The molecule has 1 aromatic carbocycles. The molecular weight excluding hydrogens is 218 g/mol. The van der Waals surface area contributed by atoms with Gasteiger partial charge in [0, 0.05) is 25.7 Å². The number of nitrogens with two attached hydrogens (primary N) is 1. The number of ether oxygens (including phenoxy) is 3. The Hall–Kier alpha value is -1.26. The van der Waals surface area contributed by atoms with Crippen molar-refractivity contribution in [2.75, 3.05) is 34.0 Å². The standard InChI is InChI=1S/C13H21NO3/c1-15-7-6-11(9-14)10-17-13-5-3-4-12(8-13)16-2/h3-5,8,11H,6-7,9-10,14H2,1-2H3. The summed E-state index contributed by atoms with van der Waals surface area (Å²) < 4.78 is 15.8. The van der Waals surface area contributed by atoms with Gasteiger partial charge < -0.3 is 19.9 Å². The van der Waals surface area contributed by atoms with Crippen molar-refractivity contribution in [1.82, 2.24) is 0 Å². The van der Waals surface area contributed by atoms with E-state index in [0.717, 1.165) is 17.9 Å². The molecule has 0 amide bonds. The zero-order valence-electron chi connectivity index (χ0n) is 10.5. The Bertz CT molecular complexity index is 317. The van der Waals surface area contributed by atoms with Crippen molar-refractivity contribution in [3.63, 3.8) is 0 Å². The lowest BCUT2D eigenvalue weighted by Gasteiger charge is -2.15. The molecule has 17 heavy (non-hydrogen) atoms. The smallest absolute Gasteiger partial charge is 0.122 e. The molecule has 0 radical (unpaired) electrons. The normalized spacial score (nSPS) is 12.2. The van der Waals surface area contributed by atoms with Crippen LogP contribution in [0.15, 0.2) is 24.3 Å². The Morgan fingerprint density at radius 3 is 2.65 bits per heavy atom. The van der Waals surface area contributed by atoms with E-state index in [-0.39, 0.29) is 0 Å². The fraction of sp³-hybridized carbons (Fsp3) is 0.538.